The number of hydrogen-bond donors (Lipinski definition) is 0. The molecule has 1 heterocycles. The third-order valence-corrected chi connectivity index (χ3v) is 4.89. The van der Waals surface area contributed by atoms with Crippen LogP contribution < -0.4 is 9.64 Å². The number of anilines is 1. The van der Waals surface area contributed by atoms with Crippen LogP contribution in [0.1, 0.15) is 15.9 Å². The van der Waals surface area contributed by atoms with Crippen molar-refractivity contribution < 1.29 is 13.9 Å². The zero-order valence-electron chi connectivity index (χ0n) is 16.1. The molecule has 0 N–H and O–H groups in total. The van der Waals surface area contributed by atoms with Gasteiger partial charge in [-0.3, -0.25) is 9.69 Å². The minimum absolute atomic E-state index is 0.0637. The van der Waals surface area contributed by atoms with Crippen molar-refractivity contribution in [2.75, 3.05) is 52.3 Å². The van der Waals surface area contributed by atoms with Gasteiger partial charge in [-0.25, -0.2) is 4.39 Å². The summed E-state index contributed by atoms with van der Waals surface area (Å²) >= 11 is 0. The fourth-order valence-corrected chi connectivity index (χ4v) is 3.28. The average Bonchev–Trinajstić information content (AvgIpc) is 2.68. The predicted octanol–water partition coefficient (Wildman–Crippen LogP) is 2.86. The van der Waals surface area contributed by atoms with Crippen LogP contribution in [0.2, 0.25) is 0 Å². The van der Waals surface area contributed by atoms with E-state index in [1.165, 1.54) is 13.2 Å². The van der Waals surface area contributed by atoms with Crippen molar-refractivity contribution in [1.82, 2.24) is 9.80 Å². The third-order valence-electron chi connectivity index (χ3n) is 4.89. The lowest BCUT2D eigenvalue weighted by Gasteiger charge is -2.35. The Kier molecular flexibility index (Phi) is 5.96. The summed E-state index contributed by atoms with van der Waals surface area (Å²) in [4.78, 5) is 18.9. The zero-order valence-corrected chi connectivity index (χ0v) is 16.1. The first-order valence-electron chi connectivity index (χ1n) is 9.09. The highest BCUT2D eigenvalue weighted by Gasteiger charge is 2.22. The highest BCUT2D eigenvalue weighted by molar-refractivity contribution is 5.95. The SMILES string of the molecule is COc1ccc(CN2CCN(C(=O)c3cccc(N(C)C)c3)CC2)cc1F. The van der Waals surface area contributed by atoms with Crippen molar-refractivity contribution in [1.29, 1.82) is 0 Å². The normalized spacial score (nSPS) is 14.9. The van der Waals surface area contributed by atoms with Gasteiger partial charge in [0.25, 0.3) is 5.91 Å². The molecule has 1 aliphatic rings. The molecule has 0 aliphatic carbocycles. The van der Waals surface area contributed by atoms with Gasteiger partial charge >= 0.3 is 0 Å². The van der Waals surface area contributed by atoms with Crippen LogP contribution in [0.4, 0.5) is 10.1 Å². The van der Waals surface area contributed by atoms with Gasteiger partial charge in [0.15, 0.2) is 11.6 Å². The van der Waals surface area contributed by atoms with Crippen LogP contribution in [-0.2, 0) is 6.54 Å². The summed E-state index contributed by atoms with van der Waals surface area (Å²) < 4.78 is 18.8. The van der Waals surface area contributed by atoms with Crippen LogP contribution in [0, 0.1) is 5.82 Å². The molecule has 0 unspecified atom stereocenters. The van der Waals surface area contributed by atoms with E-state index in [9.17, 15) is 9.18 Å². The largest absolute Gasteiger partial charge is 0.494 e. The van der Waals surface area contributed by atoms with Crippen molar-refractivity contribution in [3.63, 3.8) is 0 Å². The van der Waals surface area contributed by atoms with Crippen LogP contribution in [-0.4, -0.2) is 63.1 Å². The summed E-state index contributed by atoms with van der Waals surface area (Å²) in [6.07, 6.45) is 0. The molecule has 0 spiro atoms. The smallest absolute Gasteiger partial charge is 0.254 e. The van der Waals surface area contributed by atoms with E-state index in [4.69, 9.17) is 4.74 Å². The number of amides is 1. The van der Waals surface area contributed by atoms with Crippen molar-refractivity contribution >= 4 is 11.6 Å². The first-order valence-corrected chi connectivity index (χ1v) is 9.09. The van der Waals surface area contributed by atoms with E-state index in [1.54, 1.807) is 6.07 Å². The lowest BCUT2D eigenvalue weighted by atomic mass is 10.1. The number of benzene rings is 2. The molecule has 0 atom stereocenters. The van der Waals surface area contributed by atoms with Gasteiger partial charge in [0, 0.05) is 58.1 Å². The number of ether oxygens (including phenoxy) is 1. The van der Waals surface area contributed by atoms with Crippen molar-refractivity contribution in [3.05, 3.63) is 59.4 Å². The second-order valence-electron chi connectivity index (χ2n) is 6.98. The fraction of sp³-hybridized carbons (Fsp3) is 0.381. The predicted molar refractivity (Wildman–Crippen MR) is 105 cm³/mol. The van der Waals surface area contributed by atoms with Crippen molar-refractivity contribution in [2.45, 2.75) is 6.54 Å². The molecule has 144 valence electrons. The van der Waals surface area contributed by atoms with E-state index in [-0.39, 0.29) is 17.5 Å². The third kappa shape index (κ3) is 4.57. The molecule has 3 rings (SSSR count). The second kappa shape index (κ2) is 8.39. The second-order valence-corrected chi connectivity index (χ2v) is 6.98. The van der Waals surface area contributed by atoms with Gasteiger partial charge in [-0.2, -0.15) is 0 Å². The van der Waals surface area contributed by atoms with Gasteiger partial charge in [0.1, 0.15) is 0 Å². The minimum Gasteiger partial charge on any atom is -0.494 e. The number of nitrogens with zero attached hydrogens (tertiary/aromatic N) is 3. The van der Waals surface area contributed by atoms with Gasteiger partial charge in [0.05, 0.1) is 7.11 Å². The molecule has 0 bridgehead atoms. The summed E-state index contributed by atoms with van der Waals surface area (Å²) in [5, 5.41) is 0. The Morgan fingerprint density at radius 1 is 1.11 bits per heavy atom. The molecule has 1 saturated heterocycles. The van der Waals surface area contributed by atoms with Gasteiger partial charge < -0.3 is 14.5 Å². The van der Waals surface area contributed by atoms with E-state index < -0.39 is 0 Å². The minimum atomic E-state index is -0.343. The van der Waals surface area contributed by atoms with Crippen LogP contribution in [0.5, 0.6) is 5.75 Å². The molecule has 0 aromatic heterocycles. The zero-order chi connectivity index (χ0) is 19.4. The first kappa shape index (κ1) is 19.2. The Morgan fingerprint density at radius 3 is 2.48 bits per heavy atom. The topological polar surface area (TPSA) is 36.0 Å². The van der Waals surface area contributed by atoms with E-state index in [0.29, 0.717) is 25.2 Å². The van der Waals surface area contributed by atoms with E-state index in [2.05, 4.69) is 4.90 Å². The number of carbonyl (C=O) groups excluding carboxylic acids is 1. The Bertz CT molecular complexity index is 802. The Balaban J connectivity index is 1.58. The van der Waals surface area contributed by atoms with Gasteiger partial charge in [0.2, 0.25) is 0 Å². The number of piperazine rings is 1. The number of carbonyl (C=O) groups is 1. The van der Waals surface area contributed by atoms with Gasteiger partial charge in [-0.15, -0.1) is 0 Å². The molecule has 1 amide bonds. The molecule has 2 aromatic rings. The fourth-order valence-electron chi connectivity index (χ4n) is 3.28. The maximum atomic E-state index is 13.8. The molecule has 0 saturated carbocycles. The lowest BCUT2D eigenvalue weighted by Crippen LogP contribution is -2.48. The van der Waals surface area contributed by atoms with Crippen LogP contribution in [0.3, 0.4) is 0 Å². The molecule has 1 fully saturated rings. The number of hydrogen-bond acceptors (Lipinski definition) is 4. The molecular formula is C21H26FN3O2. The van der Waals surface area contributed by atoms with Crippen LogP contribution in [0.15, 0.2) is 42.5 Å². The maximum Gasteiger partial charge on any atom is 0.254 e. The Labute approximate surface area is 159 Å². The van der Waals surface area contributed by atoms with Crippen LogP contribution >= 0.6 is 0 Å². The number of halogens is 1. The van der Waals surface area contributed by atoms with Crippen LogP contribution in [0.25, 0.3) is 0 Å². The number of methoxy groups -OCH3 is 1. The highest BCUT2D eigenvalue weighted by Crippen LogP contribution is 2.20. The van der Waals surface area contributed by atoms with Crippen molar-refractivity contribution in [2.24, 2.45) is 0 Å². The molecule has 5 nitrogen and oxygen atoms in total. The molecule has 6 heteroatoms. The summed E-state index contributed by atoms with van der Waals surface area (Å²) in [6, 6.07) is 12.7. The Morgan fingerprint density at radius 2 is 1.85 bits per heavy atom. The van der Waals surface area contributed by atoms with Gasteiger partial charge in [-0.1, -0.05) is 12.1 Å². The standard InChI is InChI=1S/C21H26FN3O2/c1-23(2)18-6-4-5-17(14-18)21(26)25-11-9-24(10-12-25)15-16-7-8-20(27-3)19(22)13-16/h4-8,13-14H,9-12,15H2,1-3H3. The Hall–Kier alpha value is -2.60. The van der Waals surface area contributed by atoms with E-state index in [1.807, 2.05) is 54.2 Å². The van der Waals surface area contributed by atoms with Crippen molar-refractivity contribution in [3.8, 4) is 5.75 Å². The molecule has 2 aromatic carbocycles. The summed E-state index contributed by atoms with van der Waals surface area (Å²) in [7, 11) is 5.39. The van der Waals surface area contributed by atoms with E-state index >= 15 is 0 Å². The van der Waals surface area contributed by atoms with Gasteiger partial charge in [-0.05, 0) is 35.9 Å². The molecule has 0 radical (unpaired) electrons. The molecule has 1 aliphatic heterocycles. The average molecular weight is 371 g/mol. The summed E-state index contributed by atoms with van der Waals surface area (Å²) in [5.74, 6) is -0.0208. The lowest BCUT2D eigenvalue weighted by molar-refractivity contribution is 0.0628. The highest BCUT2D eigenvalue weighted by atomic mass is 19.1. The quantitative estimate of drug-likeness (QED) is 0.810. The van der Waals surface area contributed by atoms with E-state index in [0.717, 1.165) is 24.3 Å². The monoisotopic (exact) mass is 371 g/mol. The summed E-state index contributed by atoms with van der Waals surface area (Å²) in [5.41, 5.74) is 2.64. The first-order chi connectivity index (χ1) is 13.0. The summed E-state index contributed by atoms with van der Waals surface area (Å²) in [6.45, 7) is 3.55. The molecule has 27 heavy (non-hydrogen) atoms. The molecular weight excluding hydrogens is 345 g/mol. The number of rotatable bonds is 5. The maximum absolute atomic E-state index is 13.8.